The van der Waals surface area contributed by atoms with Gasteiger partial charge in [0.15, 0.2) is 6.61 Å². The number of carbonyl (C=O) groups excluding carboxylic acids is 2. The molecule has 0 bridgehead atoms. The van der Waals surface area contributed by atoms with E-state index in [9.17, 15) is 9.59 Å². The highest BCUT2D eigenvalue weighted by atomic mass is 16.6. The number of imide groups is 1. The first-order chi connectivity index (χ1) is 9.22. The summed E-state index contributed by atoms with van der Waals surface area (Å²) >= 11 is 0. The number of benzene rings is 1. The number of amides is 2. The minimum Gasteiger partial charge on any atom is -0.492 e. The summed E-state index contributed by atoms with van der Waals surface area (Å²) in [6.07, 6.45) is 1.14. The Hall–Kier alpha value is -2.30. The molecule has 2 amide bonds. The van der Waals surface area contributed by atoms with Crippen molar-refractivity contribution in [3.63, 3.8) is 0 Å². The first kappa shape index (κ1) is 13.1. The monoisotopic (exact) mass is 261 g/mol. The lowest BCUT2D eigenvalue weighted by Gasteiger charge is -2.19. The summed E-state index contributed by atoms with van der Waals surface area (Å²) in [5.41, 5.74) is 1.05. The van der Waals surface area contributed by atoms with E-state index in [0.29, 0.717) is 6.42 Å². The normalized spacial score (nSPS) is 18.0. The Kier molecular flexibility index (Phi) is 4.18. The molecular formula is C14H15NO4. The van der Waals surface area contributed by atoms with Crippen LogP contribution in [0.1, 0.15) is 5.56 Å². The molecule has 1 aromatic rings. The van der Waals surface area contributed by atoms with Gasteiger partial charge < -0.3 is 9.47 Å². The summed E-state index contributed by atoms with van der Waals surface area (Å²) in [7, 11) is 0. The van der Waals surface area contributed by atoms with Crippen LogP contribution >= 0.6 is 0 Å². The Balaban J connectivity index is 2.05. The van der Waals surface area contributed by atoms with E-state index in [1.165, 1.54) is 6.26 Å². The predicted octanol–water partition coefficient (Wildman–Crippen LogP) is 1.74. The molecule has 1 heterocycles. The molecule has 0 aromatic heterocycles. The van der Waals surface area contributed by atoms with Gasteiger partial charge in [-0.1, -0.05) is 36.9 Å². The number of hydrogen-bond donors (Lipinski definition) is 0. The molecule has 0 radical (unpaired) electrons. The molecule has 0 N–H and O–H groups in total. The van der Waals surface area contributed by atoms with Crippen molar-refractivity contribution in [2.45, 2.75) is 12.5 Å². The van der Waals surface area contributed by atoms with Gasteiger partial charge in [0.05, 0.1) is 12.3 Å². The number of hydrogen-bond acceptors (Lipinski definition) is 4. The van der Waals surface area contributed by atoms with Crippen LogP contribution in [-0.4, -0.2) is 36.2 Å². The highest BCUT2D eigenvalue weighted by Crippen LogP contribution is 2.17. The van der Waals surface area contributed by atoms with Gasteiger partial charge in [0, 0.05) is 0 Å². The Morgan fingerprint density at radius 1 is 1.47 bits per heavy atom. The summed E-state index contributed by atoms with van der Waals surface area (Å²) in [5, 5.41) is 0. The number of carbonyl (C=O) groups is 2. The molecule has 1 saturated heterocycles. The highest BCUT2D eigenvalue weighted by molar-refractivity contribution is 5.94. The summed E-state index contributed by atoms with van der Waals surface area (Å²) in [4.78, 5) is 24.6. The molecule has 1 atom stereocenters. The summed E-state index contributed by atoms with van der Waals surface area (Å²) < 4.78 is 9.76. The Morgan fingerprint density at radius 2 is 2.21 bits per heavy atom. The lowest BCUT2D eigenvalue weighted by molar-refractivity contribution is -0.132. The topological polar surface area (TPSA) is 55.8 Å². The van der Waals surface area contributed by atoms with Crippen molar-refractivity contribution >= 4 is 12.0 Å². The Labute approximate surface area is 111 Å². The summed E-state index contributed by atoms with van der Waals surface area (Å²) in [6.45, 7) is 3.37. The van der Waals surface area contributed by atoms with E-state index in [1.54, 1.807) is 0 Å². The van der Waals surface area contributed by atoms with Crippen molar-refractivity contribution in [2.24, 2.45) is 0 Å². The van der Waals surface area contributed by atoms with Gasteiger partial charge in [-0.25, -0.2) is 9.69 Å². The first-order valence-corrected chi connectivity index (χ1v) is 5.97. The van der Waals surface area contributed by atoms with Crippen molar-refractivity contribution in [1.29, 1.82) is 0 Å². The predicted molar refractivity (Wildman–Crippen MR) is 68.3 cm³/mol. The van der Waals surface area contributed by atoms with Crippen molar-refractivity contribution in [2.75, 3.05) is 13.2 Å². The molecule has 1 fully saturated rings. The zero-order valence-corrected chi connectivity index (χ0v) is 10.5. The van der Waals surface area contributed by atoms with Crippen LogP contribution in [0.5, 0.6) is 0 Å². The van der Waals surface area contributed by atoms with Gasteiger partial charge in [0.2, 0.25) is 0 Å². The van der Waals surface area contributed by atoms with Crippen LogP contribution < -0.4 is 0 Å². The van der Waals surface area contributed by atoms with Crippen LogP contribution in [0.4, 0.5) is 4.79 Å². The van der Waals surface area contributed by atoms with Gasteiger partial charge >= 0.3 is 6.09 Å². The van der Waals surface area contributed by atoms with E-state index in [0.717, 1.165) is 10.5 Å². The third kappa shape index (κ3) is 3.13. The lowest BCUT2D eigenvalue weighted by atomic mass is 10.1. The van der Waals surface area contributed by atoms with Gasteiger partial charge in [0.25, 0.3) is 5.91 Å². The second-order valence-electron chi connectivity index (χ2n) is 4.16. The molecule has 5 heteroatoms. The van der Waals surface area contributed by atoms with E-state index in [1.807, 2.05) is 30.3 Å². The zero-order valence-electron chi connectivity index (χ0n) is 10.5. The third-order valence-corrected chi connectivity index (χ3v) is 2.87. The molecular weight excluding hydrogens is 246 g/mol. The van der Waals surface area contributed by atoms with Crippen LogP contribution in [0.15, 0.2) is 43.2 Å². The Morgan fingerprint density at radius 3 is 2.89 bits per heavy atom. The molecule has 19 heavy (non-hydrogen) atoms. The van der Waals surface area contributed by atoms with E-state index < -0.39 is 12.0 Å². The second kappa shape index (κ2) is 6.04. The SMILES string of the molecule is C=COCC(=O)N1C(=O)OC[C@@H]1Cc1ccccc1. The average Bonchev–Trinajstić information content (AvgIpc) is 2.78. The molecule has 5 nitrogen and oxygen atoms in total. The van der Waals surface area contributed by atoms with Crippen LogP contribution in [0, 0.1) is 0 Å². The maximum Gasteiger partial charge on any atom is 0.417 e. The lowest BCUT2D eigenvalue weighted by Crippen LogP contribution is -2.42. The first-order valence-electron chi connectivity index (χ1n) is 5.97. The van der Waals surface area contributed by atoms with Crippen LogP contribution in [0.2, 0.25) is 0 Å². The smallest absolute Gasteiger partial charge is 0.417 e. The summed E-state index contributed by atoms with van der Waals surface area (Å²) in [6, 6.07) is 9.37. The quantitative estimate of drug-likeness (QED) is 0.757. The maximum atomic E-state index is 11.9. The minimum absolute atomic E-state index is 0.204. The van der Waals surface area contributed by atoms with Crippen molar-refractivity contribution in [3.8, 4) is 0 Å². The second-order valence-corrected chi connectivity index (χ2v) is 4.16. The molecule has 0 saturated carbocycles. The van der Waals surface area contributed by atoms with Crippen molar-refractivity contribution < 1.29 is 19.1 Å². The van der Waals surface area contributed by atoms with Crippen molar-refractivity contribution in [1.82, 2.24) is 4.90 Å². The van der Waals surface area contributed by atoms with Crippen molar-refractivity contribution in [3.05, 3.63) is 48.7 Å². The molecule has 1 aliphatic heterocycles. The fourth-order valence-corrected chi connectivity index (χ4v) is 2.00. The number of ether oxygens (including phenoxy) is 2. The zero-order chi connectivity index (χ0) is 13.7. The molecule has 2 rings (SSSR count). The van der Waals surface area contributed by atoms with Crippen LogP contribution in [0.25, 0.3) is 0 Å². The fraction of sp³-hybridized carbons (Fsp3) is 0.286. The van der Waals surface area contributed by atoms with Gasteiger partial charge in [-0.3, -0.25) is 4.79 Å². The third-order valence-electron chi connectivity index (χ3n) is 2.87. The van der Waals surface area contributed by atoms with E-state index in [2.05, 4.69) is 6.58 Å². The average molecular weight is 261 g/mol. The summed E-state index contributed by atoms with van der Waals surface area (Å²) in [5.74, 6) is -0.414. The van der Waals surface area contributed by atoms with Crippen LogP contribution in [-0.2, 0) is 20.7 Å². The fourth-order valence-electron chi connectivity index (χ4n) is 2.00. The van der Waals surface area contributed by atoms with Gasteiger partial charge in [-0.05, 0) is 12.0 Å². The Bertz CT molecular complexity index is 472. The standard InChI is InChI=1S/C14H15NO4/c1-2-18-10-13(16)15-12(9-19-14(15)17)8-11-6-4-3-5-7-11/h2-7,12H,1,8-10H2/t12-/m0/s1. The van der Waals surface area contributed by atoms with Gasteiger partial charge in [-0.2, -0.15) is 0 Å². The number of rotatable bonds is 5. The van der Waals surface area contributed by atoms with Gasteiger partial charge in [0.1, 0.15) is 6.61 Å². The molecule has 1 aromatic carbocycles. The molecule has 0 unspecified atom stereocenters. The van der Waals surface area contributed by atoms with E-state index >= 15 is 0 Å². The number of nitrogens with zero attached hydrogens (tertiary/aromatic N) is 1. The highest BCUT2D eigenvalue weighted by Gasteiger charge is 2.37. The minimum atomic E-state index is -0.612. The largest absolute Gasteiger partial charge is 0.492 e. The molecule has 1 aliphatic rings. The van der Waals surface area contributed by atoms with E-state index in [-0.39, 0.29) is 19.3 Å². The van der Waals surface area contributed by atoms with Gasteiger partial charge in [-0.15, -0.1) is 0 Å². The maximum absolute atomic E-state index is 11.9. The molecule has 0 aliphatic carbocycles. The molecule has 100 valence electrons. The number of cyclic esters (lactones) is 1. The molecule has 0 spiro atoms. The van der Waals surface area contributed by atoms with Crippen LogP contribution in [0.3, 0.4) is 0 Å². The van der Waals surface area contributed by atoms with E-state index in [4.69, 9.17) is 9.47 Å².